The zero-order chi connectivity index (χ0) is 20.9. The average Bonchev–Trinajstić information content (AvgIpc) is 3.46. The molecule has 2 aromatic heterocycles. The van der Waals surface area contributed by atoms with Crippen molar-refractivity contribution in [1.29, 1.82) is 0 Å². The van der Waals surface area contributed by atoms with E-state index in [2.05, 4.69) is 15.7 Å². The Bertz CT molecular complexity index is 1050. The molecule has 0 atom stereocenters. The third-order valence-corrected chi connectivity index (χ3v) is 5.38. The largest absolute Gasteiger partial charge is 0.481 e. The molecule has 2 amide bonds. The number of amides is 2. The normalized spacial score (nSPS) is 12.4. The van der Waals surface area contributed by atoms with Gasteiger partial charge in [0.25, 0.3) is 5.91 Å². The lowest BCUT2D eigenvalue weighted by molar-refractivity contribution is -0.122. The lowest BCUT2D eigenvalue weighted by Gasteiger charge is -2.12. The summed E-state index contributed by atoms with van der Waals surface area (Å²) < 4.78 is 25.6. The molecule has 8 nitrogen and oxygen atoms in total. The number of hydrogen-bond acceptors (Lipinski definition) is 6. The first-order chi connectivity index (χ1) is 14.6. The summed E-state index contributed by atoms with van der Waals surface area (Å²) in [4.78, 5) is 24.7. The predicted octanol–water partition coefficient (Wildman–Crippen LogP) is 2.70. The second-order valence-corrected chi connectivity index (χ2v) is 7.53. The quantitative estimate of drug-likeness (QED) is 0.570. The number of rotatable bonds is 8. The van der Waals surface area contributed by atoms with E-state index in [0.29, 0.717) is 23.1 Å². The predicted molar refractivity (Wildman–Crippen MR) is 108 cm³/mol. The Hall–Kier alpha value is -3.27. The molecule has 3 aromatic rings. The summed E-state index contributed by atoms with van der Waals surface area (Å²) in [6.45, 7) is -0.151. The van der Waals surface area contributed by atoms with E-state index >= 15 is 0 Å². The molecule has 30 heavy (non-hydrogen) atoms. The van der Waals surface area contributed by atoms with Gasteiger partial charge in [0, 0.05) is 17.1 Å². The molecule has 3 heterocycles. The molecule has 0 saturated carbocycles. The Morgan fingerprint density at radius 2 is 2.07 bits per heavy atom. The van der Waals surface area contributed by atoms with Gasteiger partial charge >= 0.3 is 0 Å². The van der Waals surface area contributed by atoms with E-state index in [1.807, 2.05) is 0 Å². The fourth-order valence-electron chi connectivity index (χ4n) is 2.98. The number of para-hydroxylation sites is 1. The van der Waals surface area contributed by atoms with Gasteiger partial charge in [-0.1, -0.05) is 12.1 Å². The van der Waals surface area contributed by atoms with Crippen LogP contribution in [0.1, 0.15) is 17.0 Å². The minimum absolute atomic E-state index is 0.000698. The highest BCUT2D eigenvalue weighted by molar-refractivity contribution is 7.98. The first-order valence-corrected chi connectivity index (χ1v) is 10.4. The lowest BCUT2D eigenvalue weighted by Crippen LogP contribution is -2.29. The minimum Gasteiger partial charge on any atom is -0.481 e. The van der Waals surface area contributed by atoms with Crippen LogP contribution < -0.4 is 15.4 Å². The molecule has 1 aliphatic heterocycles. The van der Waals surface area contributed by atoms with E-state index in [0.717, 1.165) is 11.3 Å². The van der Waals surface area contributed by atoms with Crippen LogP contribution in [0, 0.1) is 5.82 Å². The van der Waals surface area contributed by atoms with E-state index in [-0.39, 0.29) is 31.4 Å². The second-order valence-electron chi connectivity index (χ2n) is 6.55. The molecular weight excluding hydrogens is 411 g/mol. The Morgan fingerprint density at radius 3 is 2.87 bits per heavy atom. The van der Waals surface area contributed by atoms with Crippen molar-refractivity contribution in [2.45, 2.75) is 24.6 Å². The Labute approximate surface area is 175 Å². The SMILES string of the molecule is O=C(Cn1nc2c(c1NC(=O)COc1ccccc1F)CSC2)NCc1ccco1. The van der Waals surface area contributed by atoms with Gasteiger partial charge in [-0.15, -0.1) is 0 Å². The number of fused-ring (bicyclic) bond motifs is 1. The monoisotopic (exact) mass is 430 g/mol. The van der Waals surface area contributed by atoms with Gasteiger partial charge in [0.1, 0.15) is 18.1 Å². The van der Waals surface area contributed by atoms with Crippen molar-refractivity contribution in [3.8, 4) is 5.75 Å². The van der Waals surface area contributed by atoms with Gasteiger partial charge in [0.2, 0.25) is 5.91 Å². The van der Waals surface area contributed by atoms with Gasteiger partial charge < -0.3 is 19.8 Å². The zero-order valence-corrected chi connectivity index (χ0v) is 16.7. The Kier molecular flexibility index (Phi) is 6.03. The van der Waals surface area contributed by atoms with Crippen molar-refractivity contribution in [1.82, 2.24) is 15.1 Å². The van der Waals surface area contributed by atoms with Crippen molar-refractivity contribution >= 4 is 29.4 Å². The molecular formula is C20H19FN4O4S. The maximum atomic E-state index is 13.7. The highest BCUT2D eigenvalue weighted by atomic mass is 32.2. The van der Waals surface area contributed by atoms with Crippen LogP contribution >= 0.6 is 11.8 Å². The Morgan fingerprint density at radius 1 is 1.20 bits per heavy atom. The number of nitrogens with one attached hydrogen (secondary N) is 2. The fraction of sp³-hybridized carbons (Fsp3) is 0.250. The smallest absolute Gasteiger partial charge is 0.263 e. The molecule has 0 saturated heterocycles. The van der Waals surface area contributed by atoms with E-state index in [4.69, 9.17) is 9.15 Å². The number of aromatic nitrogens is 2. The van der Waals surface area contributed by atoms with E-state index in [1.54, 1.807) is 36.0 Å². The van der Waals surface area contributed by atoms with Crippen molar-refractivity contribution in [2.75, 3.05) is 11.9 Å². The van der Waals surface area contributed by atoms with Crippen molar-refractivity contribution in [3.05, 3.63) is 65.5 Å². The van der Waals surface area contributed by atoms with Crippen LogP contribution in [0.4, 0.5) is 10.2 Å². The van der Waals surface area contributed by atoms with Gasteiger partial charge in [0.05, 0.1) is 18.5 Å². The second kappa shape index (κ2) is 9.04. The number of nitrogens with zero attached hydrogens (tertiary/aromatic N) is 2. The van der Waals surface area contributed by atoms with Gasteiger partial charge in [-0.25, -0.2) is 9.07 Å². The van der Waals surface area contributed by atoms with Crippen molar-refractivity contribution in [3.63, 3.8) is 0 Å². The third kappa shape index (κ3) is 4.65. The average molecular weight is 430 g/mol. The van der Waals surface area contributed by atoms with Crippen molar-refractivity contribution in [2.24, 2.45) is 0 Å². The molecule has 156 valence electrons. The number of ether oxygens (including phenoxy) is 1. The van der Waals surface area contributed by atoms with Gasteiger partial charge in [-0.2, -0.15) is 16.9 Å². The molecule has 0 spiro atoms. The first kappa shape index (κ1) is 20.0. The highest BCUT2D eigenvalue weighted by Crippen LogP contribution is 2.34. The summed E-state index contributed by atoms with van der Waals surface area (Å²) in [6, 6.07) is 9.38. The number of furan rings is 1. The molecule has 0 aliphatic carbocycles. The molecule has 0 radical (unpaired) electrons. The lowest BCUT2D eigenvalue weighted by atomic mass is 10.3. The number of thioether (sulfide) groups is 1. The van der Waals surface area contributed by atoms with Crippen molar-refractivity contribution < 1.29 is 23.1 Å². The topological polar surface area (TPSA) is 98.4 Å². The van der Waals surface area contributed by atoms with Crippen LogP contribution in [0.25, 0.3) is 0 Å². The number of carbonyl (C=O) groups is 2. The maximum Gasteiger partial charge on any atom is 0.263 e. The highest BCUT2D eigenvalue weighted by Gasteiger charge is 2.25. The summed E-state index contributed by atoms with van der Waals surface area (Å²) in [5.41, 5.74) is 1.72. The molecule has 0 bridgehead atoms. The number of carbonyl (C=O) groups excluding carboxylic acids is 2. The third-order valence-electron chi connectivity index (χ3n) is 4.41. The van der Waals surface area contributed by atoms with E-state index in [1.165, 1.54) is 23.1 Å². The summed E-state index contributed by atoms with van der Waals surface area (Å²) in [5, 5.41) is 9.97. The number of anilines is 1. The van der Waals surface area contributed by atoms with Crippen LogP contribution in [0.3, 0.4) is 0 Å². The summed E-state index contributed by atoms with van der Waals surface area (Å²) in [6.07, 6.45) is 1.54. The minimum atomic E-state index is -0.541. The maximum absolute atomic E-state index is 13.7. The molecule has 2 N–H and O–H groups in total. The fourth-order valence-corrected chi connectivity index (χ4v) is 4.02. The first-order valence-electron chi connectivity index (χ1n) is 9.22. The molecule has 0 unspecified atom stereocenters. The van der Waals surface area contributed by atoms with E-state index < -0.39 is 11.7 Å². The van der Waals surface area contributed by atoms with Crippen LogP contribution in [0.15, 0.2) is 47.1 Å². The van der Waals surface area contributed by atoms with Gasteiger partial charge in [-0.05, 0) is 24.3 Å². The van der Waals surface area contributed by atoms with Crippen LogP contribution in [0.5, 0.6) is 5.75 Å². The van der Waals surface area contributed by atoms with E-state index in [9.17, 15) is 14.0 Å². The summed E-state index contributed by atoms with van der Waals surface area (Å²) >= 11 is 1.68. The van der Waals surface area contributed by atoms with Crippen LogP contribution in [-0.4, -0.2) is 28.2 Å². The van der Waals surface area contributed by atoms with Crippen LogP contribution in [0.2, 0.25) is 0 Å². The molecule has 4 rings (SSSR count). The number of halogens is 1. The molecule has 1 aliphatic rings. The molecule has 1 aromatic carbocycles. The van der Waals surface area contributed by atoms with Gasteiger partial charge in [0.15, 0.2) is 18.2 Å². The summed E-state index contributed by atoms with van der Waals surface area (Å²) in [5.74, 6) is 1.23. The molecule has 0 fully saturated rings. The van der Waals surface area contributed by atoms with Gasteiger partial charge in [-0.3, -0.25) is 9.59 Å². The zero-order valence-electron chi connectivity index (χ0n) is 15.9. The molecule has 10 heteroatoms. The van der Waals surface area contributed by atoms with Crippen LogP contribution in [-0.2, 0) is 34.2 Å². The standard InChI is InChI=1S/C20H19FN4O4S/c21-15-5-1-2-6-17(15)29-10-19(27)23-20-14-11-30-12-16(14)24-25(20)9-18(26)22-8-13-4-3-7-28-13/h1-7H,8-12H2,(H,22,26)(H,23,27). The number of hydrogen-bond donors (Lipinski definition) is 2. The summed E-state index contributed by atoms with van der Waals surface area (Å²) in [7, 11) is 0. The Balaban J connectivity index is 1.40. The number of benzene rings is 1.